The molecule has 2 aromatic rings. The quantitative estimate of drug-likeness (QED) is 0.730. The Morgan fingerprint density at radius 1 is 1.16 bits per heavy atom. The van der Waals surface area contributed by atoms with Gasteiger partial charge in [-0.3, -0.25) is 0 Å². The van der Waals surface area contributed by atoms with Crippen LogP contribution in [0.15, 0.2) is 54.0 Å². The van der Waals surface area contributed by atoms with Crippen molar-refractivity contribution in [3.05, 3.63) is 70.7 Å². The molecular weight excluding hydrogens is 357 g/mol. The molecule has 0 saturated heterocycles. The van der Waals surface area contributed by atoms with Crippen molar-refractivity contribution in [2.24, 2.45) is 11.5 Å². The number of aryl methyl sites for hydroxylation is 1. The van der Waals surface area contributed by atoms with Gasteiger partial charge in [0.15, 0.2) is 5.75 Å². The molecule has 0 bridgehead atoms. The molecule has 2 aromatic carbocycles. The topological polar surface area (TPSA) is 73.3 Å². The molecule has 2 unspecified atom stereocenters. The Hall–Kier alpha value is -1.88. The summed E-state index contributed by atoms with van der Waals surface area (Å²) >= 11 is 0. The Labute approximate surface area is 160 Å². The molecule has 2 atom stereocenters. The van der Waals surface area contributed by atoms with Crippen LogP contribution in [0.5, 0.6) is 5.75 Å². The molecule has 0 fully saturated rings. The predicted molar refractivity (Wildman–Crippen MR) is 107 cm³/mol. The van der Waals surface area contributed by atoms with Crippen LogP contribution in [0.4, 0.5) is 5.69 Å². The number of benzene rings is 2. The number of hydrogen-bond donors (Lipinski definition) is 3. The molecule has 0 saturated carbocycles. The first-order valence-corrected chi connectivity index (χ1v) is 8.02. The number of hydrogen-bond acceptors (Lipinski definition) is 4. The minimum atomic E-state index is -0.0287. The zero-order valence-corrected chi connectivity index (χ0v) is 15.6. The highest BCUT2D eigenvalue weighted by molar-refractivity contribution is 5.85. The number of ether oxygens (including phenoxy) is 1. The molecule has 1 aliphatic carbocycles. The second kappa shape index (κ2) is 7.56. The maximum absolute atomic E-state index is 6.60. The average Bonchev–Trinajstić information content (AvgIpc) is 2.99. The molecule has 4 rings (SSSR count). The van der Waals surface area contributed by atoms with Crippen LogP contribution >= 0.6 is 24.8 Å². The third-order valence-corrected chi connectivity index (χ3v) is 4.91. The van der Waals surface area contributed by atoms with Gasteiger partial charge in [-0.05, 0) is 48.6 Å². The SMILES string of the molecule is CC1=C(N)Nc2cc(C(N)C3CCc4ccccc43)ccc2O1.Cl.Cl. The number of rotatable bonds is 2. The first-order chi connectivity index (χ1) is 11.1. The van der Waals surface area contributed by atoms with Gasteiger partial charge >= 0.3 is 0 Å². The van der Waals surface area contributed by atoms with Gasteiger partial charge in [0.25, 0.3) is 0 Å². The summed E-state index contributed by atoms with van der Waals surface area (Å²) in [4.78, 5) is 0. The maximum atomic E-state index is 6.60. The third kappa shape index (κ3) is 3.43. The van der Waals surface area contributed by atoms with Gasteiger partial charge in [0.2, 0.25) is 0 Å². The summed E-state index contributed by atoms with van der Waals surface area (Å²) in [6.45, 7) is 1.85. The van der Waals surface area contributed by atoms with Gasteiger partial charge in [0, 0.05) is 12.0 Å². The Morgan fingerprint density at radius 2 is 1.92 bits per heavy atom. The minimum absolute atomic E-state index is 0. The smallest absolute Gasteiger partial charge is 0.150 e. The van der Waals surface area contributed by atoms with E-state index in [9.17, 15) is 0 Å². The van der Waals surface area contributed by atoms with Gasteiger partial charge in [-0.25, -0.2) is 0 Å². The Balaban J connectivity index is 0.00000113. The van der Waals surface area contributed by atoms with Crippen molar-refractivity contribution in [2.45, 2.75) is 31.7 Å². The molecule has 4 nitrogen and oxygen atoms in total. The van der Waals surface area contributed by atoms with Gasteiger partial charge in [0.1, 0.15) is 11.6 Å². The largest absolute Gasteiger partial charge is 0.456 e. The van der Waals surface area contributed by atoms with Crippen molar-refractivity contribution in [1.29, 1.82) is 0 Å². The normalized spacial score (nSPS) is 18.7. The standard InChI is InChI=1S/C19H21N3O.2ClH/c1-11-19(21)22-16-10-13(7-9-17(16)23-11)18(20)15-8-6-12-4-2-3-5-14(12)15;;/h2-5,7,9-10,15,18,22H,6,8,20-21H2,1H3;2*1H. The van der Waals surface area contributed by atoms with Crippen LogP contribution in [0.2, 0.25) is 0 Å². The van der Waals surface area contributed by atoms with Crippen LogP contribution in [-0.4, -0.2) is 0 Å². The fraction of sp³-hybridized carbons (Fsp3) is 0.263. The highest BCUT2D eigenvalue weighted by Gasteiger charge is 2.29. The first-order valence-electron chi connectivity index (χ1n) is 8.02. The van der Waals surface area contributed by atoms with E-state index >= 15 is 0 Å². The first kappa shape index (κ1) is 19.4. The van der Waals surface area contributed by atoms with Crippen molar-refractivity contribution in [1.82, 2.24) is 0 Å². The summed E-state index contributed by atoms with van der Waals surface area (Å²) in [5, 5.41) is 3.19. The predicted octanol–water partition coefficient (Wildman–Crippen LogP) is 4.21. The second-order valence-corrected chi connectivity index (χ2v) is 6.32. The highest BCUT2D eigenvalue weighted by atomic mass is 35.5. The fourth-order valence-electron chi connectivity index (χ4n) is 3.59. The zero-order chi connectivity index (χ0) is 16.0. The number of halogens is 2. The van der Waals surface area contributed by atoms with Crippen molar-refractivity contribution >= 4 is 30.5 Å². The van der Waals surface area contributed by atoms with E-state index in [4.69, 9.17) is 16.2 Å². The lowest BCUT2D eigenvalue weighted by Gasteiger charge is -2.25. The molecule has 1 aliphatic heterocycles. The van der Waals surface area contributed by atoms with Crippen LogP contribution in [0.3, 0.4) is 0 Å². The van der Waals surface area contributed by atoms with Gasteiger partial charge < -0.3 is 21.5 Å². The summed E-state index contributed by atoms with van der Waals surface area (Å²) < 4.78 is 5.71. The van der Waals surface area contributed by atoms with E-state index in [1.807, 2.05) is 13.0 Å². The molecule has 134 valence electrons. The van der Waals surface area contributed by atoms with E-state index in [0.29, 0.717) is 17.5 Å². The minimum Gasteiger partial charge on any atom is -0.456 e. The van der Waals surface area contributed by atoms with Gasteiger partial charge in [-0.1, -0.05) is 30.3 Å². The maximum Gasteiger partial charge on any atom is 0.150 e. The Morgan fingerprint density at radius 3 is 2.72 bits per heavy atom. The van der Waals surface area contributed by atoms with Crippen LogP contribution in [0, 0.1) is 0 Å². The molecule has 0 aromatic heterocycles. The van der Waals surface area contributed by atoms with Crippen molar-refractivity contribution < 1.29 is 4.74 Å². The third-order valence-electron chi connectivity index (χ3n) is 4.91. The summed E-state index contributed by atoms with van der Waals surface area (Å²) in [6, 6.07) is 14.7. The summed E-state index contributed by atoms with van der Waals surface area (Å²) in [5.74, 6) is 2.40. The van der Waals surface area contributed by atoms with E-state index < -0.39 is 0 Å². The monoisotopic (exact) mass is 379 g/mol. The van der Waals surface area contributed by atoms with Gasteiger partial charge in [-0.15, -0.1) is 24.8 Å². The highest BCUT2D eigenvalue weighted by Crippen LogP contribution is 2.42. The number of nitrogens with one attached hydrogen (secondary N) is 1. The fourth-order valence-corrected chi connectivity index (χ4v) is 3.59. The number of fused-ring (bicyclic) bond motifs is 2. The summed E-state index contributed by atoms with van der Waals surface area (Å²) in [7, 11) is 0. The van der Waals surface area contributed by atoms with E-state index in [2.05, 4.69) is 41.7 Å². The molecule has 0 spiro atoms. The molecular formula is C19H23Cl2N3O. The molecule has 1 heterocycles. The summed E-state index contributed by atoms with van der Waals surface area (Å²) in [5.41, 5.74) is 17.3. The van der Waals surface area contributed by atoms with Crippen LogP contribution in [0.25, 0.3) is 0 Å². The Bertz CT molecular complexity index is 807. The van der Waals surface area contributed by atoms with E-state index in [1.54, 1.807) is 0 Å². The lowest BCUT2D eigenvalue weighted by atomic mass is 9.88. The van der Waals surface area contributed by atoms with Gasteiger partial charge in [0.05, 0.1) is 5.69 Å². The molecule has 0 amide bonds. The molecule has 25 heavy (non-hydrogen) atoms. The number of nitrogens with two attached hydrogens (primary N) is 2. The van der Waals surface area contributed by atoms with E-state index in [1.165, 1.54) is 11.1 Å². The lowest BCUT2D eigenvalue weighted by Crippen LogP contribution is -2.21. The summed E-state index contributed by atoms with van der Waals surface area (Å²) in [6.07, 6.45) is 2.21. The number of allylic oxidation sites excluding steroid dienone is 1. The van der Waals surface area contributed by atoms with E-state index in [0.717, 1.165) is 29.8 Å². The lowest BCUT2D eigenvalue weighted by molar-refractivity contribution is 0.415. The molecule has 2 aliphatic rings. The van der Waals surface area contributed by atoms with Crippen molar-refractivity contribution in [3.63, 3.8) is 0 Å². The molecule has 0 radical (unpaired) electrons. The van der Waals surface area contributed by atoms with Crippen LogP contribution in [-0.2, 0) is 6.42 Å². The Kier molecular flexibility index (Phi) is 5.88. The zero-order valence-electron chi connectivity index (χ0n) is 14.0. The number of anilines is 1. The molecule has 5 N–H and O–H groups in total. The van der Waals surface area contributed by atoms with Gasteiger partial charge in [-0.2, -0.15) is 0 Å². The average molecular weight is 380 g/mol. The molecule has 6 heteroatoms. The van der Waals surface area contributed by atoms with Crippen molar-refractivity contribution in [3.8, 4) is 5.75 Å². The van der Waals surface area contributed by atoms with Crippen LogP contribution in [0.1, 0.15) is 42.0 Å². The van der Waals surface area contributed by atoms with Crippen LogP contribution < -0.4 is 21.5 Å². The van der Waals surface area contributed by atoms with E-state index in [-0.39, 0.29) is 30.9 Å². The van der Waals surface area contributed by atoms with Crippen molar-refractivity contribution in [2.75, 3.05) is 5.32 Å². The second-order valence-electron chi connectivity index (χ2n) is 6.32.